The number of anilines is 1. The van der Waals surface area contributed by atoms with Crippen LogP contribution in [0, 0.1) is 10.1 Å². The van der Waals surface area contributed by atoms with Crippen molar-refractivity contribution in [1.82, 2.24) is 0 Å². The fourth-order valence-corrected chi connectivity index (χ4v) is 2.22. The molecule has 6 nitrogen and oxygen atoms in total. The van der Waals surface area contributed by atoms with E-state index in [0.717, 1.165) is 25.1 Å². The molecule has 0 bridgehead atoms. The third-order valence-corrected chi connectivity index (χ3v) is 3.12. The van der Waals surface area contributed by atoms with E-state index < -0.39 is 4.92 Å². The number of non-ortho nitro benzene ring substituents is 1. The predicted molar refractivity (Wildman–Crippen MR) is 65.5 cm³/mol. The summed E-state index contributed by atoms with van der Waals surface area (Å²) in [4.78, 5) is 23.7. The molecule has 0 unspecified atom stereocenters. The molecule has 0 saturated carbocycles. The van der Waals surface area contributed by atoms with Crippen molar-refractivity contribution in [2.24, 2.45) is 0 Å². The van der Waals surface area contributed by atoms with Crippen LogP contribution in [0.15, 0.2) is 24.3 Å². The lowest BCUT2D eigenvalue weighted by molar-refractivity contribution is -0.384. The Labute approximate surface area is 104 Å². The minimum absolute atomic E-state index is 0.0487. The van der Waals surface area contributed by atoms with Gasteiger partial charge in [-0.2, -0.15) is 0 Å². The monoisotopic (exact) mass is 250 g/mol. The summed E-state index contributed by atoms with van der Waals surface area (Å²) < 4.78 is 4.76. The Morgan fingerprint density at radius 3 is 2.67 bits per heavy atom. The van der Waals surface area contributed by atoms with Crippen LogP contribution >= 0.6 is 0 Å². The Bertz CT molecular complexity index is 458. The van der Waals surface area contributed by atoms with Gasteiger partial charge in [0.25, 0.3) is 5.69 Å². The molecule has 0 aliphatic carbocycles. The molecule has 0 radical (unpaired) electrons. The van der Waals surface area contributed by atoms with E-state index in [1.54, 1.807) is 12.1 Å². The topological polar surface area (TPSA) is 72.7 Å². The number of rotatable bonds is 3. The lowest BCUT2D eigenvalue weighted by Crippen LogP contribution is -2.36. The molecule has 1 fully saturated rings. The number of carbonyl (C=O) groups excluding carboxylic acids is 1. The average molecular weight is 250 g/mol. The first kappa shape index (κ1) is 12.3. The van der Waals surface area contributed by atoms with Crippen LogP contribution in [0.4, 0.5) is 11.4 Å². The summed E-state index contributed by atoms with van der Waals surface area (Å²) in [6.07, 6.45) is 1.67. The van der Waals surface area contributed by atoms with Crippen LogP contribution in [0.2, 0.25) is 0 Å². The number of esters is 1. The standard InChI is InChI=1S/C12H14N2O4/c1-18-12(15)11-3-2-8-13(11)9-4-6-10(7-5-9)14(16)17/h4-7,11H,2-3,8H2,1H3/t11-/m0/s1. The van der Waals surface area contributed by atoms with Gasteiger partial charge in [0.1, 0.15) is 6.04 Å². The van der Waals surface area contributed by atoms with Crippen LogP contribution in [-0.2, 0) is 9.53 Å². The van der Waals surface area contributed by atoms with Crippen molar-refractivity contribution in [3.8, 4) is 0 Å². The number of hydrogen-bond donors (Lipinski definition) is 0. The highest BCUT2D eigenvalue weighted by molar-refractivity contribution is 5.80. The number of nitro groups is 1. The molecule has 0 N–H and O–H groups in total. The molecule has 1 saturated heterocycles. The summed E-state index contributed by atoms with van der Waals surface area (Å²) in [6, 6.07) is 5.94. The van der Waals surface area contributed by atoms with Gasteiger partial charge in [-0.3, -0.25) is 10.1 Å². The zero-order chi connectivity index (χ0) is 13.1. The van der Waals surface area contributed by atoms with Gasteiger partial charge in [-0.1, -0.05) is 0 Å². The molecule has 6 heteroatoms. The lowest BCUT2D eigenvalue weighted by atomic mass is 10.2. The molecule has 1 aromatic rings. The molecule has 1 aliphatic rings. The zero-order valence-electron chi connectivity index (χ0n) is 10.0. The van der Waals surface area contributed by atoms with Gasteiger partial charge in [-0.05, 0) is 25.0 Å². The number of nitrogens with zero attached hydrogens (tertiary/aromatic N) is 2. The summed E-state index contributed by atoms with van der Waals surface area (Å²) in [5.74, 6) is -0.258. The van der Waals surface area contributed by atoms with Crippen LogP contribution in [0.3, 0.4) is 0 Å². The molecule has 0 spiro atoms. The molecular formula is C12H14N2O4. The van der Waals surface area contributed by atoms with E-state index in [0.29, 0.717) is 0 Å². The van der Waals surface area contributed by atoms with Crippen LogP contribution < -0.4 is 4.90 Å². The second-order valence-corrected chi connectivity index (χ2v) is 4.15. The van der Waals surface area contributed by atoms with Gasteiger partial charge in [0, 0.05) is 24.4 Å². The van der Waals surface area contributed by atoms with Crippen molar-refractivity contribution in [1.29, 1.82) is 0 Å². The molecule has 1 heterocycles. The second-order valence-electron chi connectivity index (χ2n) is 4.15. The maximum Gasteiger partial charge on any atom is 0.328 e. The van der Waals surface area contributed by atoms with Gasteiger partial charge in [-0.25, -0.2) is 4.79 Å². The summed E-state index contributed by atoms with van der Waals surface area (Å²) in [5.41, 5.74) is 0.862. The maximum absolute atomic E-state index is 11.6. The molecule has 0 amide bonds. The number of ether oxygens (including phenoxy) is 1. The van der Waals surface area contributed by atoms with Gasteiger partial charge in [0.15, 0.2) is 0 Å². The van der Waals surface area contributed by atoms with Crippen molar-refractivity contribution >= 4 is 17.3 Å². The van der Waals surface area contributed by atoms with E-state index in [4.69, 9.17) is 4.74 Å². The van der Waals surface area contributed by atoms with Crippen LogP contribution in [-0.4, -0.2) is 30.6 Å². The molecule has 1 aromatic carbocycles. The molecule has 0 aromatic heterocycles. The normalized spacial score (nSPS) is 18.7. The van der Waals surface area contributed by atoms with E-state index in [2.05, 4.69) is 0 Å². The Morgan fingerprint density at radius 2 is 2.11 bits per heavy atom. The van der Waals surface area contributed by atoms with E-state index in [-0.39, 0.29) is 17.7 Å². The van der Waals surface area contributed by atoms with E-state index in [9.17, 15) is 14.9 Å². The Kier molecular flexibility index (Phi) is 3.45. The Hall–Kier alpha value is -2.11. The molecular weight excluding hydrogens is 236 g/mol. The summed E-state index contributed by atoms with van der Waals surface area (Å²) >= 11 is 0. The van der Waals surface area contributed by atoms with Gasteiger partial charge in [0.05, 0.1) is 12.0 Å². The van der Waals surface area contributed by atoms with E-state index >= 15 is 0 Å². The van der Waals surface area contributed by atoms with Gasteiger partial charge < -0.3 is 9.64 Å². The SMILES string of the molecule is COC(=O)[C@@H]1CCCN1c1ccc([N+](=O)[O-])cc1. The predicted octanol–water partition coefficient (Wildman–Crippen LogP) is 1.74. The first-order chi connectivity index (χ1) is 8.63. The fourth-order valence-electron chi connectivity index (χ4n) is 2.22. The van der Waals surface area contributed by atoms with Crippen molar-refractivity contribution in [3.05, 3.63) is 34.4 Å². The van der Waals surface area contributed by atoms with Crippen molar-refractivity contribution < 1.29 is 14.5 Å². The summed E-state index contributed by atoms with van der Waals surface area (Å²) in [5, 5.41) is 10.6. The highest BCUT2D eigenvalue weighted by Gasteiger charge is 2.31. The van der Waals surface area contributed by atoms with Crippen LogP contribution in [0.25, 0.3) is 0 Å². The average Bonchev–Trinajstić information content (AvgIpc) is 2.87. The Balaban J connectivity index is 2.20. The largest absolute Gasteiger partial charge is 0.467 e. The minimum Gasteiger partial charge on any atom is -0.467 e. The third-order valence-electron chi connectivity index (χ3n) is 3.12. The summed E-state index contributed by atoms with van der Waals surface area (Å²) in [7, 11) is 1.37. The number of benzene rings is 1. The maximum atomic E-state index is 11.6. The molecule has 1 atom stereocenters. The van der Waals surface area contributed by atoms with Crippen molar-refractivity contribution in [3.63, 3.8) is 0 Å². The Morgan fingerprint density at radius 1 is 1.44 bits per heavy atom. The third kappa shape index (κ3) is 2.27. The molecule has 96 valence electrons. The lowest BCUT2D eigenvalue weighted by Gasteiger charge is -2.24. The number of nitro benzene ring substituents is 1. The molecule has 2 rings (SSSR count). The summed E-state index contributed by atoms with van der Waals surface area (Å²) in [6.45, 7) is 0.761. The van der Waals surface area contributed by atoms with Gasteiger partial charge >= 0.3 is 5.97 Å². The fraction of sp³-hybridized carbons (Fsp3) is 0.417. The van der Waals surface area contributed by atoms with E-state index in [1.165, 1.54) is 19.2 Å². The molecule has 18 heavy (non-hydrogen) atoms. The van der Waals surface area contributed by atoms with Crippen molar-refractivity contribution in [2.75, 3.05) is 18.6 Å². The number of hydrogen-bond acceptors (Lipinski definition) is 5. The highest BCUT2D eigenvalue weighted by atomic mass is 16.6. The van der Waals surface area contributed by atoms with Crippen LogP contribution in [0.5, 0.6) is 0 Å². The first-order valence-corrected chi connectivity index (χ1v) is 5.72. The number of carbonyl (C=O) groups is 1. The zero-order valence-corrected chi connectivity index (χ0v) is 10.0. The van der Waals surface area contributed by atoms with Gasteiger partial charge in [0.2, 0.25) is 0 Å². The quantitative estimate of drug-likeness (QED) is 0.464. The second kappa shape index (κ2) is 5.03. The first-order valence-electron chi connectivity index (χ1n) is 5.72. The van der Waals surface area contributed by atoms with Crippen LogP contribution in [0.1, 0.15) is 12.8 Å². The highest BCUT2D eigenvalue weighted by Crippen LogP contribution is 2.27. The number of methoxy groups -OCH3 is 1. The van der Waals surface area contributed by atoms with Gasteiger partial charge in [-0.15, -0.1) is 0 Å². The molecule has 1 aliphatic heterocycles. The minimum atomic E-state index is -0.439. The smallest absolute Gasteiger partial charge is 0.328 e. The van der Waals surface area contributed by atoms with E-state index in [1.807, 2.05) is 4.90 Å². The van der Waals surface area contributed by atoms with Crippen molar-refractivity contribution in [2.45, 2.75) is 18.9 Å².